The van der Waals surface area contributed by atoms with E-state index >= 15 is 0 Å². The highest BCUT2D eigenvalue weighted by Gasteiger charge is 2.20. The molecule has 0 aliphatic heterocycles. The van der Waals surface area contributed by atoms with Gasteiger partial charge in [-0.3, -0.25) is 0 Å². The van der Waals surface area contributed by atoms with E-state index in [2.05, 4.69) is 6.92 Å². The van der Waals surface area contributed by atoms with Gasteiger partial charge < -0.3 is 9.47 Å². The molecule has 0 N–H and O–H groups in total. The van der Waals surface area contributed by atoms with Crippen molar-refractivity contribution in [1.29, 1.82) is 5.26 Å². The first-order valence-electron chi connectivity index (χ1n) is 11.1. The van der Waals surface area contributed by atoms with Crippen molar-refractivity contribution in [3.63, 3.8) is 0 Å². The summed E-state index contributed by atoms with van der Waals surface area (Å²) in [6.45, 7) is 3.00. The smallest absolute Gasteiger partial charge is 0.343 e. The molecule has 1 aliphatic carbocycles. The molecule has 3 rings (SSSR count). The molecule has 1 fully saturated rings. The van der Waals surface area contributed by atoms with Crippen LogP contribution in [-0.4, -0.2) is 12.6 Å². The van der Waals surface area contributed by atoms with Gasteiger partial charge in [-0.1, -0.05) is 45.4 Å². The second-order valence-corrected chi connectivity index (χ2v) is 8.22. The number of hydrogen-bond donors (Lipinski definition) is 0. The molecule has 0 spiro atoms. The predicted octanol–water partition coefficient (Wildman–Crippen LogP) is 6.54. The summed E-state index contributed by atoms with van der Waals surface area (Å²) in [6, 6.07) is 15.6. The van der Waals surface area contributed by atoms with Crippen LogP contribution in [0.25, 0.3) is 0 Å². The fourth-order valence-electron chi connectivity index (χ4n) is 4.23. The number of nitriles is 1. The summed E-state index contributed by atoms with van der Waals surface area (Å²) in [5.74, 6) is 2.59. The number of hydrogen-bond acceptors (Lipinski definition) is 4. The van der Waals surface area contributed by atoms with Crippen LogP contribution in [0.2, 0.25) is 0 Å². The predicted molar refractivity (Wildman–Crippen MR) is 118 cm³/mol. The molecule has 1 aliphatic rings. The summed E-state index contributed by atoms with van der Waals surface area (Å²) >= 11 is 0. The van der Waals surface area contributed by atoms with Gasteiger partial charge in [0.2, 0.25) is 0 Å². The van der Waals surface area contributed by atoms with Gasteiger partial charge in [-0.25, -0.2) is 4.79 Å². The average molecular weight is 406 g/mol. The van der Waals surface area contributed by atoms with E-state index in [9.17, 15) is 4.79 Å². The molecule has 2 aromatic rings. The minimum Gasteiger partial charge on any atom is -0.494 e. The number of carbonyl (C=O) groups excluding carboxylic acids is 1. The van der Waals surface area contributed by atoms with Crippen LogP contribution in [0.4, 0.5) is 0 Å². The van der Waals surface area contributed by atoms with E-state index in [1.807, 2.05) is 18.2 Å². The maximum Gasteiger partial charge on any atom is 0.343 e. The summed E-state index contributed by atoms with van der Waals surface area (Å²) in [6.07, 6.45) is 10.6. The van der Waals surface area contributed by atoms with E-state index in [1.165, 1.54) is 44.9 Å². The summed E-state index contributed by atoms with van der Waals surface area (Å²) < 4.78 is 11.2. The van der Waals surface area contributed by atoms with E-state index in [1.54, 1.807) is 36.4 Å². The Balaban J connectivity index is 1.37. The lowest BCUT2D eigenvalue weighted by Gasteiger charge is -2.28. The van der Waals surface area contributed by atoms with Gasteiger partial charge in [-0.15, -0.1) is 0 Å². The van der Waals surface area contributed by atoms with Crippen molar-refractivity contribution in [2.75, 3.05) is 6.61 Å². The fourth-order valence-corrected chi connectivity index (χ4v) is 4.23. The van der Waals surface area contributed by atoms with Gasteiger partial charge >= 0.3 is 5.97 Å². The van der Waals surface area contributed by atoms with Crippen molar-refractivity contribution < 1.29 is 14.3 Å². The monoisotopic (exact) mass is 405 g/mol. The van der Waals surface area contributed by atoms with Crippen LogP contribution in [-0.2, 0) is 0 Å². The Morgan fingerprint density at radius 3 is 2.13 bits per heavy atom. The Labute approximate surface area is 179 Å². The van der Waals surface area contributed by atoms with Crippen LogP contribution in [0.15, 0.2) is 48.5 Å². The lowest BCUT2D eigenvalue weighted by Crippen LogP contribution is -2.15. The SMILES string of the molecule is CCCC1CCC(CCCOc2ccc(C(=O)Oc3ccc(C#N)cc3)cc2)CC1. The first kappa shape index (κ1) is 21.9. The molecule has 0 amide bonds. The first-order valence-corrected chi connectivity index (χ1v) is 11.1. The quantitative estimate of drug-likeness (QED) is 0.270. The molecule has 4 heteroatoms. The van der Waals surface area contributed by atoms with E-state index in [0.29, 0.717) is 23.5 Å². The zero-order valence-electron chi connectivity index (χ0n) is 17.8. The molecule has 30 heavy (non-hydrogen) atoms. The molecule has 158 valence electrons. The van der Waals surface area contributed by atoms with E-state index in [4.69, 9.17) is 14.7 Å². The van der Waals surface area contributed by atoms with E-state index < -0.39 is 5.97 Å². The van der Waals surface area contributed by atoms with Crippen molar-refractivity contribution in [2.45, 2.75) is 58.3 Å². The molecular formula is C26H31NO3. The number of carbonyl (C=O) groups is 1. The number of benzene rings is 2. The molecule has 0 atom stereocenters. The van der Waals surface area contributed by atoms with E-state index in [-0.39, 0.29) is 0 Å². The highest BCUT2D eigenvalue weighted by atomic mass is 16.5. The van der Waals surface area contributed by atoms with Crippen molar-refractivity contribution >= 4 is 5.97 Å². The molecule has 0 saturated heterocycles. The normalized spacial score (nSPS) is 18.4. The standard InChI is InChI=1S/C26H31NO3/c1-2-4-20-6-8-21(9-7-20)5-3-18-29-24-16-12-23(13-17-24)26(28)30-25-14-10-22(19-27)11-15-25/h10-17,20-21H,2-9,18H2,1H3. The molecule has 0 aromatic heterocycles. The first-order chi connectivity index (χ1) is 14.7. The zero-order chi connectivity index (χ0) is 21.2. The molecule has 0 heterocycles. The number of nitrogens with zero attached hydrogens (tertiary/aromatic N) is 1. The maximum absolute atomic E-state index is 12.3. The van der Waals surface area contributed by atoms with Crippen LogP contribution in [0.3, 0.4) is 0 Å². The molecule has 1 saturated carbocycles. The van der Waals surface area contributed by atoms with E-state index in [0.717, 1.165) is 24.0 Å². The molecule has 0 unspecified atom stereocenters. The van der Waals surface area contributed by atoms with Gasteiger partial charge in [-0.05, 0) is 73.2 Å². The van der Waals surface area contributed by atoms with Crippen LogP contribution in [0.1, 0.15) is 74.2 Å². The minimum absolute atomic E-state index is 0.419. The lowest BCUT2D eigenvalue weighted by atomic mass is 9.78. The summed E-state index contributed by atoms with van der Waals surface area (Å²) in [5, 5.41) is 8.82. The van der Waals surface area contributed by atoms with Gasteiger partial charge in [0, 0.05) is 0 Å². The van der Waals surface area contributed by atoms with Gasteiger partial charge in [0.05, 0.1) is 23.8 Å². The molecule has 0 radical (unpaired) electrons. The van der Waals surface area contributed by atoms with Crippen LogP contribution >= 0.6 is 0 Å². The van der Waals surface area contributed by atoms with Crippen molar-refractivity contribution in [3.05, 3.63) is 59.7 Å². The minimum atomic E-state index is -0.426. The Morgan fingerprint density at radius 2 is 1.53 bits per heavy atom. The summed E-state index contributed by atoms with van der Waals surface area (Å²) in [7, 11) is 0. The Bertz CT molecular complexity index is 828. The fraction of sp³-hybridized carbons (Fsp3) is 0.462. The number of ether oxygens (including phenoxy) is 2. The highest BCUT2D eigenvalue weighted by molar-refractivity contribution is 5.91. The van der Waals surface area contributed by atoms with Crippen molar-refractivity contribution in [1.82, 2.24) is 0 Å². The van der Waals surface area contributed by atoms with Crippen molar-refractivity contribution in [3.8, 4) is 17.6 Å². The number of rotatable bonds is 9. The third kappa shape index (κ3) is 6.62. The van der Waals surface area contributed by atoms with Crippen LogP contribution < -0.4 is 9.47 Å². The molecule has 0 bridgehead atoms. The van der Waals surface area contributed by atoms with Gasteiger partial charge in [0.25, 0.3) is 0 Å². The molecule has 4 nitrogen and oxygen atoms in total. The largest absolute Gasteiger partial charge is 0.494 e. The molecule has 2 aromatic carbocycles. The third-order valence-corrected chi connectivity index (χ3v) is 5.97. The third-order valence-electron chi connectivity index (χ3n) is 5.97. The second kappa shape index (κ2) is 11.4. The average Bonchev–Trinajstić information content (AvgIpc) is 2.79. The Hall–Kier alpha value is -2.80. The summed E-state index contributed by atoms with van der Waals surface area (Å²) in [4.78, 5) is 12.3. The Morgan fingerprint density at radius 1 is 0.933 bits per heavy atom. The van der Waals surface area contributed by atoms with Crippen LogP contribution in [0.5, 0.6) is 11.5 Å². The van der Waals surface area contributed by atoms with Crippen LogP contribution in [0, 0.1) is 23.2 Å². The second-order valence-electron chi connectivity index (χ2n) is 8.22. The van der Waals surface area contributed by atoms with Gasteiger partial charge in [-0.2, -0.15) is 5.26 Å². The van der Waals surface area contributed by atoms with Gasteiger partial charge in [0.15, 0.2) is 0 Å². The Kier molecular flexibility index (Phi) is 8.32. The van der Waals surface area contributed by atoms with Crippen molar-refractivity contribution in [2.24, 2.45) is 11.8 Å². The molecular weight excluding hydrogens is 374 g/mol. The lowest BCUT2D eigenvalue weighted by molar-refractivity contribution is 0.0734. The van der Waals surface area contributed by atoms with Gasteiger partial charge in [0.1, 0.15) is 11.5 Å². The number of esters is 1. The topological polar surface area (TPSA) is 59.3 Å². The highest BCUT2D eigenvalue weighted by Crippen LogP contribution is 2.33. The zero-order valence-corrected chi connectivity index (χ0v) is 17.8. The maximum atomic E-state index is 12.3. The summed E-state index contributed by atoms with van der Waals surface area (Å²) in [5.41, 5.74) is 0.996.